The Labute approximate surface area is 130 Å². The molecule has 0 aliphatic heterocycles. The minimum absolute atomic E-state index is 0.166. The lowest BCUT2D eigenvalue weighted by Gasteiger charge is -2.13. The molecule has 0 bridgehead atoms. The van der Waals surface area contributed by atoms with Gasteiger partial charge in [-0.15, -0.1) is 0 Å². The summed E-state index contributed by atoms with van der Waals surface area (Å²) in [7, 11) is 1.36. The minimum Gasteiger partial charge on any atom is -0.469 e. The number of methoxy groups -OCH3 is 1. The highest BCUT2D eigenvalue weighted by Gasteiger charge is 2.34. The molecule has 1 atom stereocenters. The number of esters is 1. The quantitative estimate of drug-likeness (QED) is 0.548. The van der Waals surface area contributed by atoms with Gasteiger partial charge in [-0.2, -0.15) is 0 Å². The van der Waals surface area contributed by atoms with Crippen molar-refractivity contribution in [2.75, 3.05) is 12.8 Å². The van der Waals surface area contributed by atoms with Gasteiger partial charge in [-0.3, -0.25) is 14.0 Å². The van der Waals surface area contributed by atoms with Crippen LogP contribution in [0.15, 0.2) is 35.4 Å². The number of nitrogens with two attached hydrogens (primary N) is 1. The fourth-order valence-electron chi connectivity index (χ4n) is 3.27. The second kappa shape index (κ2) is 4.70. The van der Waals surface area contributed by atoms with Crippen molar-refractivity contribution >= 4 is 17.3 Å². The fourth-order valence-corrected chi connectivity index (χ4v) is 3.27. The van der Waals surface area contributed by atoms with Crippen LogP contribution in [0.2, 0.25) is 0 Å². The van der Waals surface area contributed by atoms with E-state index >= 15 is 0 Å². The van der Waals surface area contributed by atoms with Crippen molar-refractivity contribution in [2.45, 2.75) is 12.3 Å². The molecule has 116 valence electrons. The molecular formula is C16H14N4O3. The molecule has 2 heterocycles. The smallest absolute Gasteiger partial charge is 0.306 e. The molecule has 0 saturated carbocycles. The number of nitrogens with one attached hydrogen (secondary N) is 1. The molecule has 3 aromatic rings. The van der Waals surface area contributed by atoms with Gasteiger partial charge in [-0.25, -0.2) is 4.98 Å². The third-order valence-electron chi connectivity index (χ3n) is 4.25. The normalized spacial score (nSPS) is 15.4. The highest BCUT2D eigenvalue weighted by Crippen LogP contribution is 2.45. The number of carbonyl (C=O) groups is 1. The Balaban J connectivity index is 2.05. The van der Waals surface area contributed by atoms with Gasteiger partial charge in [0, 0.05) is 29.6 Å². The number of nitrogen functional groups attached to an aromatic ring is 1. The monoisotopic (exact) mass is 310 g/mol. The Morgan fingerprint density at radius 2 is 2.30 bits per heavy atom. The number of anilines is 1. The SMILES string of the molecule is COC(=O)CC1c2cc(N)ccc2-c2[nH]c(=O)c3nccn3c21. The number of nitrogens with zero attached hydrogens (tertiary/aromatic N) is 2. The van der Waals surface area contributed by atoms with Gasteiger partial charge in [0.15, 0.2) is 0 Å². The van der Waals surface area contributed by atoms with Crippen LogP contribution < -0.4 is 11.3 Å². The first-order valence-corrected chi connectivity index (χ1v) is 7.16. The molecule has 4 rings (SSSR count). The van der Waals surface area contributed by atoms with Crippen LogP contribution in [0.3, 0.4) is 0 Å². The van der Waals surface area contributed by atoms with Crippen molar-refractivity contribution in [3.63, 3.8) is 0 Å². The summed E-state index contributed by atoms with van der Waals surface area (Å²) in [6, 6.07) is 5.48. The summed E-state index contributed by atoms with van der Waals surface area (Å²) < 4.78 is 6.56. The summed E-state index contributed by atoms with van der Waals surface area (Å²) in [6.45, 7) is 0. The third-order valence-corrected chi connectivity index (χ3v) is 4.25. The Hall–Kier alpha value is -3.09. The summed E-state index contributed by atoms with van der Waals surface area (Å²) >= 11 is 0. The molecule has 0 amide bonds. The summed E-state index contributed by atoms with van der Waals surface area (Å²) in [4.78, 5) is 31.0. The van der Waals surface area contributed by atoms with Crippen LogP contribution >= 0.6 is 0 Å². The van der Waals surface area contributed by atoms with Crippen molar-refractivity contribution in [3.8, 4) is 11.3 Å². The maximum absolute atomic E-state index is 12.2. The largest absolute Gasteiger partial charge is 0.469 e. The molecule has 1 aromatic carbocycles. The van der Waals surface area contributed by atoms with E-state index in [0.717, 1.165) is 16.8 Å². The summed E-state index contributed by atoms with van der Waals surface area (Å²) in [5.41, 5.74) is 9.85. The van der Waals surface area contributed by atoms with Gasteiger partial charge in [0.1, 0.15) is 0 Å². The molecule has 0 spiro atoms. The highest BCUT2D eigenvalue weighted by atomic mass is 16.5. The summed E-state index contributed by atoms with van der Waals surface area (Å²) in [6.07, 6.45) is 3.46. The zero-order valence-corrected chi connectivity index (χ0v) is 12.4. The maximum Gasteiger partial charge on any atom is 0.306 e. The van der Waals surface area contributed by atoms with Crippen LogP contribution in [0, 0.1) is 0 Å². The average molecular weight is 310 g/mol. The van der Waals surface area contributed by atoms with Crippen molar-refractivity contribution in [3.05, 3.63) is 52.2 Å². The van der Waals surface area contributed by atoms with Gasteiger partial charge in [0.25, 0.3) is 5.56 Å². The molecule has 0 fully saturated rings. The number of hydrogen-bond acceptors (Lipinski definition) is 5. The number of aromatic nitrogens is 3. The number of benzene rings is 1. The predicted molar refractivity (Wildman–Crippen MR) is 84.1 cm³/mol. The van der Waals surface area contributed by atoms with Crippen LogP contribution in [0.1, 0.15) is 23.6 Å². The standard InChI is InChI=1S/C16H14N4O3/c1-23-12(21)7-11-10-6-8(17)2-3-9(10)13-14(11)20-5-4-18-15(20)16(22)19-13/h2-6,11H,7,17H2,1H3,(H,19,22). The molecule has 3 N–H and O–H groups in total. The zero-order chi connectivity index (χ0) is 16.1. The van der Waals surface area contributed by atoms with E-state index in [9.17, 15) is 9.59 Å². The molecule has 7 heteroatoms. The lowest BCUT2D eigenvalue weighted by molar-refractivity contribution is -0.140. The fraction of sp³-hybridized carbons (Fsp3) is 0.188. The Morgan fingerprint density at radius 1 is 1.48 bits per heavy atom. The number of H-pyrrole nitrogens is 1. The molecule has 1 aliphatic rings. The number of rotatable bonds is 2. The van der Waals surface area contributed by atoms with Crippen LogP contribution in [0.4, 0.5) is 5.69 Å². The Kier molecular flexibility index (Phi) is 2.77. The average Bonchev–Trinajstić information content (AvgIpc) is 3.12. The van der Waals surface area contributed by atoms with E-state index in [1.165, 1.54) is 7.11 Å². The van der Waals surface area contributed by atoms with E-state index in [1.54, 1.807) is 22.9 Å². The van der Waals surface area contributed by atoms with Gasteiger partial charge in [0.05, 0.1) is 24.9 Å². The molecule has 23 heavy (non-hydrogen) atoms. The molecule has 1 unspecified atom stereocenters. The van der Waals surface area contributed by atoms with Crippen molar-refractivity contribution < 1.29 is 9.53 Å². The van der Waals surface area contributed by atoms with E-state index < -0.39 is 0 Å². The third kappa shape index (κ3) is 1.86. The second-order valence-electron chi connectivity index (χ2n) is 5.51. The lowest BCUT2D eigenvalue weighted by atomic mass is 9.96. The van der Waals surface area contributed by atoms with E-state index in [1.807, 2.05) is 12.1 Å². The minimum atomic E-state index is -0.323. The van der Waals surface area contributed by atoms with Crippen molar-refractivity contribution in [1.29, 1.82) is 0 Å². The van der Waals surface area contributed by atoms with Gasteiger partial charge in [-0.05, 0) is 17.7 Å². The molecule has 0 radical (unpaired) electrons. The lowest BCUT2D eigenvalue weighted by Crippen LogP contribution is -2.16. The number of imidazole rings is 1. The number of aromatic amines is 1. The van der Waals surface area contributed by atoms with Crippen LogP contribution in [0.25, 0.3) is 16.9 Å². The molecule has 0 saturated heterocycles. The van der Waals surface area contributed by atoms with Crippen LogP contribution in [-0.2, 0) is 9.53 Å². The Morgan fingerprint density at radius 3 is 3.09 bits per heavy atom. The number of ether oxygens (including phenoxy) is 1. The van der Waals surface area contributed by atoms with E-state index in [4.69, 9.17) is 10.5 Å². The predicted octanol–water partition coefficient (Wildman–Crippen LogP) is 1.28. The van der Waals surface area contributed by atoms with E-state index in [-0.39, 0.29) is 23.9 Å². The van der Waals surface area contributed by atoms with Gasteiger partial charge in [-0.1, -0.05) is 6.07 Å². The van der Waals surface area contributed by atoms with E-state index in [0.29, 0.717) is 17.0 Å². The zero-order valence-electron chi connectivity index (χ0n) is 12.4. The summed E-state index contributed by atoms with van der Waals surface area (Å²) in [5, 5.41) is 0. The maximum atomic E-state index is 12.2. The van der Waals surface area contributed by atoms with Crippen molar-refractivity contribution in [1.82, 2.24) is 14.4 Å². The molecule has 7 nitrogen and oxygen atoms in total. The Bertz CT molecular complexity index is 1000. The van der Waals surface area contributed by atoms with Gasteiger partial charge >= 0.3 is 5.97 Å². The summed E-state index contributed by atoms with van der Waals surface area (Å²) in [5.74, 6) is -0.569. The first-order valence-electron chi connectivity index (χ1n) is 7.16. The first kappa shape index (κ1) is 13.6. The molecular weight excluding hydrogens is 296 g/mol. The number of carbonyl (C=O) groups excluding carboxylic acids is 1. The molecule has 2 aromatic heterocycles. The second-order valence-corrected chi connectivity index (χ2v) is 5.51. The van der Waals surface area contributed by atoms with Gasteiger partial charge in [0.2, 0.25) is 5.65 Å². The number of fused-ring (bicyclic) bond motifs is 5. The van der Waals surface area contributed by atoms with Crippen LogP contribution in [-0.4, -0.2) is 27.4 Å². The van der Waals surface area contributed by atoms with Gasteiger partial charge < -0.3 is 15.5 Å². The highest BCUT2D eigenvalue weighted by molar-refractivity contribution is 5.81. The van der Waals surface area contributed by atoms with E-state index in [2.05, 4.69) is 9.97 Å². The first-order chi connectivity index (χ1) is 11.1. The topological polar surface area (TPSA) is 102 Å². The number of hydrogen-bond donors (Lipinski definition) is 2. The van der Waals surface area contributed by atoms with Crippen LogP contribution in [0.5, 0.6) is 0 Å². The van der Waals surface area contributed by atoms with Crippen molar-refractivity contribution in [2.24, 2.45) is 0 Å². The molecule has 1 aliphatic carbocycles.